The molecule has 1 heterocycles. The van der Waals surface area contributed by atoms with E-state index in [0.29, 0.717) is 5.13 Å². The second-order valence-corrected chi connectivity index (χ2v) is 3.20. The Bertz CT molecular complexity index is 240. The van der Waals surface area contributed by atoms with Crippen LogP contribution in [0.1, 0.15) is 12.6 Å². The summed E-state index contributed by atoms with van der Waals surface area (Å²) in [5.41, 5.74) is 7.57. The molecular formula is C7H10N2S. The van der Waals surface area contributed by atoms with Gasteiger partial charge in [0, 0.05) is 11.8 Å². The molecule has 0 radical (unpaired) electrons. The predicted molar refractivity (Wildman–Crippen MR) is 45.0 cm³/mol. The molecule has 1 rings (SSSR count). The number of hydrogen-bond donors (Lipinski definition) is 1. The van der Waals surface area contributed by atoms with Crippen molar-refractivity contribution >= 4 is 16.5 Å². The van der Waals surface area contributed by atoms with Crippen molar-refractivity contribution in [3.63, 3.8) is 0 Å². The highest BCUT2D eigenvalue weighted by molar-refractivity contribution is 7.13. The maximum absolute atomic E-state index is 5.43. The minimum atomic E-state index is 0.635. The van der Waals surface area contributed by atoms with Gasteiger partial charge in [-0.2, -0.15) is 0 Å². The molecule has 0 unspecified atom stereocenters. The quantitative estimate of drug-likeness (QED) is 0.660. The molecule has 2 nitrogen and oxygen atoms in total. The summed E-state index contributed by atoms with van der Waals surface area (Å²) in [5, 5.41) is 2.60. The Morgan fingerprint density at radius 2 is 2.60 bits per heavy atom. The third-order valence-electron chi connectivity index (χ3n) is 1.05. The smallest absolute Gasteiger partial charge is 0.180 e. The topological polar surface area (TPSA) is 38.9 Å². The third kappa shape index (κ3) is 1.84. The van der Waals surface area contributed by atoms with Crippen LogP contribution in [0.3, 0.4) is 0 Å². The lowest BCUT2D eigenvalue weighted by molar-refractivity contribution is 1.08. The molecule has 2 N–H and O–H groups in total. The number of nitrogen functional groups attached to an aromatic ring is 1. The van der Waals surface area contributed by atoms with Crippen LogP contribution in [0, 0.1) is 0 Å². The fraction of sp³-hybridized carbons (Fsp3) is 0.286. The van der Waals surface area contributed by atoms with E-state index in [-0.39, 0.29) is 0 Å². The number of thiazole rings is 1. The molecule has 54 valence electrons. The van der Waals surface area contributed by atoms with Crippen LogP contribution in [0.25, 0.3) is 0 Å². The first-order valence-corrected chi connectivity index (χ1v) is 3.90. The lowest BCUT2D eigenvalue weighted by Gasteiger charge is -1.91. The van der Waals surface area contributed by atoms with E-state index in [0.717, 1.165) is 17.7 Å². The van der Waals surface area contributed by atoms with Crippen LogP contribution < -0.4 is 5.73 Å². The Morgan fingerprint density at radius 1 is 1.90 bits per heavy atom. The first-order valence-electron chi connectivity index (χ1n) is 3.03. The van der Waals surface area contributed by atoms with Crippen LogP contribution in [0.2, 0.25) is 0 Å². The molecule has 0 aliphatic carbocycles. The molecule has 0 bridgehead atoms. The second-order valence-electron chi connectivity index (χ2n) is 2.31. The summed E-state index contributed by atoms with van der Waals surface area (Å²) in [6.45, 7) is 5.77. The monoisotopic (exact) mass is 154 g/mol. The van der Waals surface area contributed by atoms with E-state index in [4.69, 9.17) is 5.73 Å². The summed E-state index contributed by atoms with van der Waals surface area (Å²) in [6.07, 6.45) is 0.841. The van der Waals surface area contributed by atoms with Gasteiger partial charge in [0.25, 0.3) is 0 Å². The molecule has 0 spiro atoms. The number of hydrogen-bond acceptors (Lipinski definition) is 3. The first-order chi connectivity index (χ1) is 4.68. The summed E-state index contributed by atoms with van der Waals surface area (Å²) < 4.78 is 0. The highest BCUT2D eigenvalue weighted by atomic mass is 32.1. The molecule has 0 saturated heterocycles. The lowest BCUT2D eigenvalue weighted by Crippen LogP contribution is -1.87. The molecule has 3 heteroatoms. The van der Waals surface area contributed by atoms with Crippen LogP contribution in [0.15, 0.2) is 17.5 Å². The van der Waals surface area contributed by atoms with Gasteiger partial charge in [-0.05, 0) is 6.92 Å². The molecule has 1 aromatic heterocycles. The zero-order valence-electron chi connectivity index (χ0n) is 5.92. The van der Waals surface area contributed by atoms with Gasteiger partial charge < -0.3 is 5.73 Å². The van der Waals surface area contributed by atoms with Crippen molar-refractivity contribution in [3.8, 4) is 0 Å². The average Bonchev–Trinajstić information content (AvgIpc) is 2.13. The second kappa shape index (κ2) is 2.84. The molecule has 0 aromatic carbocycles. The molecule has 0 fully saturated rings. The van der Waals surface area contributed by atoms with Gasteiger partial charge in [0.2, 0.25) is 0 Å². The van der Waals surface area contributed by atoms with Gasteiger partial charge in [-0.3, -0.25) is 0 Å². The van der Waals surface area contributed by atoms with Crippen molar-refractivity contribution in [2.45, 2.75) is 13.3 Å². The highest BCUT2D eigenvalue weighted by Crippen LogP contribution is 2.13. The molecular weight excluding hydrogens is 144 g/mol. The molecule has 0 saturated carbocycles. The Hall–Kier alpha value is -0.830. The molecule has 0 aliphatic heterocycles. The van der Waals surface area contributed by atoms with E-state index in [1.807, 2.05) is 12.3 Å². The van der Waals surface area contributed by atoms with Crippen LogP contribution in [0.5, 0.6) is 0 Å². The zero-order chi connectivity index (χ0) is 7.56. The number of nitrogens with zero attached hydrogens (tertiary/aromatic N) is 1. The Morgan fingerprint density at radius 3 is 3.00 bits per heavy atom. The van der Waals surface area contributed by atoms with Crippen molar-refractivity contribution in [2.75, 3.05) is 5.73 Å². The van der Waals surface area contributed by atoms with Crippen LogP contribution in [-0.4, -0.2) is 4.98 Å². The molecule has 10 heavy (non-hydrogen) atoms. The maximum Gasteiger partial charge on any atom is 0.180 e. The van der Waals surface area contributed by atoms with E-state index >= 15 is 0 Å². The largest absolute Gasteiger partial charge is 0.375 e. The van der Waals surface area contributed by atoms with Gasteiger partial charge in [0.15, 0.2) is 5.13 Å². The number of aromatic nitrogens is 1. The van der Waals surface area contributed by atoms with Gasteiger partial charge in [0.1, 0.15) is 0 Å². The van der Waals surface area contributed by atoms with Gasteiger partial charge >= 0.3 is 0 Å². The molecule has 0 aliphatic rings. The van der Waals surface area contributed by atoms with E-state index in [1.165, 1.54) is 11.3 Å². The predicted octanol–water partition coefficient (Wildman–Crippen LogP) is 1.84. The van der Waals surface area contributed by atoms with Crippen LogP contribution in [-0.2, 0) is 6.42 Å². The summed E-state index contributed by atoms with van der Waals surface area (Å²) in [4.78, 5) is 4.09. The Kier molecular flexibility index (Phi) is 2.06. The molecule has 0 amide bonds. The van der Waals surface area contributed by atoms with Crippen molar-refractivity contribution in [2.24, 2.45) is 0 Å². The third-order valence-corrected chi connectivity index (χ3v) is 1.78. The van der Waals surface area contributed by atoms with E-state index < -0.39 is 0 Å². The minimum absolute atomic E-state index is 0.635. The van der Waals surface area contributed by atoms with Crippen LogP contribution in [0.4, 0.5) is 5.13 Å². The summed E-state index contributed by atoms with van der Waals surface area (Å²) in [6, 6.07) is 0. The number of allylic oxidation sites excluding steroid dienone is 1. The number of anilines is 1. The fourth-order valence-corrected chi connectivity index (χ4v) is 1.28. The van der Waals surface area contributed by atoms with Crippen molar-refractivity contribution < 1.29 is 0 Å². The highest BCUT2D eigenvalue weighted by Gasteiger charge is 1.96. The van der Waals surface area contributed by atoms with Gasteiger partial charge in [-0.15, -0.1) is 11.3 Å². The van der Waals surface area contributed by atoms with E-state index in [1.54, 1.807) is 0 Å². The van der Waals surface area contributed by atoms with Crippen molar-refractivity contribution in [1.29, 1.82) is 0 Å². The number of rotatable bonds is 2. The average molecular weight is 154 g/mol. The van der Waals surface area contributed by atoms with E-state index in [2.05, 4.69) is 11.6 Å². The van der Waals surface area contributed by atoms with Gasteiger partial charge in [0.05, 0.1) is 5.69 Å². The summed E-state index contributed by atoms with van der Waals surface area (Å²) >= 11 is 1.47. The Balaban J connectivity index is 2.67. The molecule has 1 aromatic rings. The minimum Gasteiger partial charge on any atom is -0.375 e. The van der Waals surface area contributed by atoms with Crippen molar-refractivity contribution in [1.82, 2.24) is 4.98 Å². The maximum atomic E-state index is 5.43. The van der Waals surface area contributed by atoms with Gasteiger partial charge in [-0.1, -0.05) is 12.2 Å². The first kappa shape index (κ1) is 7.28. The zero-order valence-corrected chi connectivity index (χ0v) is 6.74. The normalized spacial score (nSPS) is 9.70. The Labute approximate surface area is 64.4 Å². The number of nitrogens with two attached hydrogens (primary N) is 1. The van der Waals surface area contributed by atoms with Gasteiger partial charge in [-0.25, -0.2) is 4.98 Å². The summed E-state index contributed by atoms with van der Waals surface area (Å²) in [5.74, 6) is 0. The molecule has 0 atom stereocenters. The lowest BCUT2D eigenvalue weighted by atomic mass is 10.2. The van der Waals surface area contributed by atoms with Crippen molar-refractivity contribution in [3.05, 3.63) is 23.2 Å². The standard InChI is InChI=1S/C7H10N2S/c1-5(2)3-6-4-10-7(8)9-6/h4H,1,3H2,2H3,(H2,8,9). The van der Waals surface area contributed by atoms with E-state index in [9.17, 15) is 0 Å². The summed E-state index contributed by atoms with van der Waals surface area (Å²) in [7, 11) is 0. The SMILES string of the molecule is C=C(C)Cc1csc(N)n1. The fourth-order valence-electron chi connectivity index (χ4n) is 0.713. The van der Waals surface area contributed by atoms with Crippen LogP contribution >= 0.6 is 11.3 Å².